The van der Waals surface area contributed by atoms with E-state index < -0.39 is 5.60 Å². The van der Waals surface area contributed by atoms with Crippen LogP contribution >= 0.6 is 15.9 Å². The van der Waals surface area contributed by atoms with Crippen LogP contribution in [0.4, 0.5) is 15.9 Å². The average molecular weight is 441 g/mol. The molecule has 142 valence electrons. The molecule has 4 rings (SSSR count). The van der Waals surface area contributed by atoms with Gasteiger partial charge >= 0.3 is 0 Å². The molecule has 1 saturated heterocycles. The van der Waals surface area contributed by atoms with Crippen molar-refractivity contribution < 1.29 is 9.50 Å². The third-order valence-electron chi connectivity index (χ3n) is 4.62. The zero-order chi connectivity index (χ0) is 19.6. The van der Waals surface area contributed by atoms with Crippen LogP contribution in [-0.2, 0) is 0 Å². The number of hydrogen-bond donors (Lipinski definition) is 3. The third-order valence-corrected chi connectivity index (χ3v) is 5.11. The highest BCUT2D eigenvalue weighted by atomic mass is 79.9. The van der Waals surface area contributed by atoms with E-state index in [4.69, 9.17) is 0 Å². The summed E-state index contributed by atoms with van der Waals surface area (Å²) in [6, 6.07) is 10.3. The first kappa shape index (κ1) is 18.8. The number of aromatic nitrogens is 2. The summed E-state index contributed by atoms with van der Waals surface area (Å²) in [6.45, 7) is 1.37. The second-order valence-corrected chi connectivity index (χ2v) is 7.68. The SMILES string of the molecule is OC1(C#Cc2ccc3ncnc(Nc4ccc(Br)cc4F)c3c2)CCCNC1. The smallest absolute Gasteiger partial charge is 0.147 e. The van der Waals surface area contributed by atoms with Crippen molar-refractivity contribution in [3.05, 3.63) is 58.6 Å². The molecule has 1 aliphatic rings. The predicted molar refractivity (Wildman–Crippen MR) is 111 cm³/mol. The molecule has 5 nitrogen and oxygen atoms in total. The Morgan fingerprint density at radius 3 is 2.89 bits per heavy atom. The Balaban J connectivity index is 1.68. The first-order valence-corrected chi connectivity index (χ1v) is 9.75. The molecule has 28 heavy (non-hydrogen) atoms. The predicted octanol–water partition coefficient (Wildman–Crippen LogP) is 3.74. The number of hydrogen-bond acceptors (Lipinski definition) is 5. The van der Waals surface area contributed by atoms with Gasteiger partial charge in [-0.2, -0.15) is 0 Å². The Bertz CT molecular complexity index is 1090. The normalized spacial score (nSPS) is 19.1. The Morgan fingerprint density at radius 1 is 1.21 bits per heavy atom. The molecule has 1 unspecified atom stereocenters. The summed E-state index contributed by atoms with van der Waals surface area (Å²) in [7, 11) is 0. The fourth-order valence-corrected chi connectivity index (χ4v) is 3.47. The van der Waals surface area contributed by atoms with Crippen LogP contribution in [-0.4, -0.2) is 33.8 Å². The van der Waals surface area contributed by atoms with Gasteiger partial charge in [0.05, 0.1) is 11.2 Å². The van der Waals surface area contributed by atoms with Gasteiger partial charge in [-0.25, -0.2) is 14.4 Å². The van der Waals surface area contributed by atoms with Gasteiger partial charge in [-0.3, -0.25) is 0 Å². The number of aliphatic hydroxyl groups is 1. The lowest BCUT2D eigenvalue weighted by Crippen LogP contribution is -2.44. The van der Waals surface area contributed by atoms with Gasteiger partial charge in [-0.1, -0.05) is 27.8 Å². The molecule has 2 heterocycles. The molecule has 0 amide bonds. The highest BCUT2D eigenvalue weighted by Gasteiger charge is 2.26. The van der Waals surface area contributed by atoms with Gasteiger partial charge in [-0.15, -0.1) is 0 Å². The lowest BCUT2D eigenvalue weighted by Gasteiger charge is -2.27. The number of fused-ring (bicyclic) bond motifs is 1. The standard InChI is InChI=1S/C21H18BrFN4O/c22-15-3-5-19(17(23)11-15)27-20-16-10-14(2-4-18(16)25-13-26-20)6-8-21(28)7-1-9-24-12-21/h2-5,10-11,13,24,28H,1,7,9,12H2,(H,25,26,27). The number of rotatable bonds is 2. The maximum atomic E-state index is 14.2. The fraction of sp³-hybridized carbons (Fsp3) is 0.238. The van der Waals surface area contributed by atoms with Crippen LogP contribution in [0.3, 0.4) is 0 Å². The largest absolute Gasteiger partial charge is 0.376 e. The zero-order valence-electron chi connectivity index (χ0n) is 15.0. The molecule has 0 bridgehead atoms. The molecule has 2 aromatic carbocycles. The summed E-state index contributed by atoms with van der Waals surface area (Å²) in [4.78, 5) is 8.53. The minimum Gasteiger partial charge on any atom is -0.376 e. The average Bonchev–Trinajstić information content (AvgIpc) is 2.69. The minimum atomic E-state index is -1.01. The van der Waals surface area contributed by atoms with E-state index in [1.54, 1.807) is 12.1 Å². The number of nitrogens with zero attached hydrogens (tertiary/aromatic N) is 2. The van der Waals surface area contributed by atoms with Crippen molar-refractivity contribution in [2.75, 3.05) is 18.4 Å². The Labute approximate surface area is 170 Å². The molecule has 1 atom stereocenters. The Morgan fingerprint density at radius 2 is 2.11 bits per heavy atom. The van der Waals surface area contributed by atoms with Crippen molar-refractivity contribution in [1.29, 1.82) is 0 Å². The first-order chi connectivity index (χ1) is 13.5. The highest BCUT2D eigenvalue weighted by molar-refractivity contribution is 9.10. The molecule has 0 saturated carbocycles. The van der Waals surface area contributed by atoms with E-state index in [2.05, 4.69) is 48.4 Å². The lowest BCUT2D eigenvalue weighted by atomic mass is 9.94. The van der Waals surface area contributed by atoms with E-state index >= 15 is 0 Å². The van der Waals surface area contributed by atoms with E-state index in [1.807, 2.05) is 18.2 Å². The maximum absolute atomic E-state index is 14.2. The monoisotopic (exact) mass is 440 g/mol. The summed E-state index contributed by atoms with van der Waals surface area (Å²) >= 11 is 3.25. The van der Waals surface area contributed by atoms with Crippen LogP contribution in [0.2, 0.25) is 0 Å². The van der Waals surface area contributed by atoms with Crippen LogP contribution in [0.25, 0.3) is 10.9 Å². The summed E-state index contributed by atoms with van der Waals surface area (Å²) in [5.41, 5.74) is 0.767. The van der Waals surface area contributed by atoms with Crippen LogP contribution in [0.5, 0.6) is 0 Å². The molecule has 7 heteroatoms. The van der Waals surface area contributed by atoms with Crippen molar-refractivity contribution in [3.8, 4) is 11.8 Å². The molecule has 3 aromatic rings. The molecule has 3 N–H and O–H groups in total. The van der Waals surface area contributed by atoms with Crippen molar-refractivity contribution in [2.45, 2.75) is 18.4 Å². The number of anilines is 2. The van der Waals surface area contributed by atoms with Gasteiger partial charge in [-0.05, 0) is 55.8 Å². The maximum Gasteiger partial charge on any atom is 0.147 e. The van der Waals surface area contributed by atoms with Gasteiger partial charge in [0, 0.05) is 22.0 Å². The zero-order valence-corrected chi connectivity index (χ0v) is 16.6. The molecule has 1 aliphatic heterocycles. The first-order valence-electron chi connectivity index (χ1n) is 8.96. The van der Waals surface area contributed by atoms with Crippen molar-refractivity contribution in [1.82, 2.24) is 15.3 Å². The van der Waals surface area contributed by atoms with Crippen LogP contribution in [0, 0.1) is 17.7 Å². The molecular weight excluding hydrogens is 423 g/mol. The van der Waals surface area contributed by atoms with Crippen LogP contribution in [0.15, 0.2) is 47.2 Å². The molecule has 1 fully saturated rings. The van der Waals surface area contributed by atoms with Crippen LogP contribution in [0.1, 0.15) is 18.4 Å². The molecule has 0 aliphatic carbocycles. The van der Waals surface area contributed by atoms with E-state index in [9.17, 15) is 9.50 Å². The van der Waals surface area contributed by atoms with Crippen LogP contribution < -0.4 is 10.6 Å². The second-order valence-electron chi connectivity index (χ2n) is 6.77. The van der Waals surface area contributed by atoms with E-state index in [0.717, 1.165) is 29.4 Å². The van der Waals surface area contributed by atoms with E-state index in [0.29, 0.717) is 28.9 Å². The van der Waals surface area contributed by atoms with E-state index in [-0.39, 0.29) is 5.82 Å². The third kappa shape index (κ3) is 4.14. The second kappa shape index (κ2) is 7.84. The summed E-state index contributed by atoms with van der Waals surface area (Å²) in [5, 5.41) is 17.5. The van der Waals surface area contributed by atoms with E-state index in [1.165, 1.54) is 12.4 Å². The fourth-order valence-electron chi connectivity index (χ4n) is 3.14. The van der Waals surface area contributed by atoms with Gasteiger partial charge < -0.3 is 15.7 Å². The number of piperidine rings is 1. The molecule has 0 spiro atoms. The number of β-amino-alcohol motifs (C(OH)–C–C–N with tert-alkyl or cyclic N) is 1. The number of benzene rings is 2. The van der Waals surface area contributed by atoms with Gasteiger partial charge in [0.25, 0.3) is 0 Å². The van der Waals surface area contributed by atoms with Crippen molar-refractivity contribution >= 4 is 38.3 Å². The number of nitrogens with one attached hydrogen (secondary N) is 2. The summed E-state index contributed by atoms with van der Waals surface area (Å²) in [5.74, 6) is 6.14. The topological polar surface area (TPSA) is 70.1 Å². The summed E-state index contributed by atoms with van der Waals surface area (Å²) < 4.78 is 14.9. The van der Waals surface area contributed by atoms with Gasteiger partial charge in [0.1, 0.15) is 23.6 Å². The summed E-state index contributed by atoms with van der Waals surface area (Å²) in [6.07, 6.45) is 2.98. The van der Waals surface area contributed by atoms with Gasteiger partial charge in [0.15, 0.2) is 0 Å². The molecular formula is C21H18BrFN4O. The van der Waals surface area contributed by atoms with Gasteiger partial charge in [0.2, 0.25) is 0 Å². The number of halogens is 2. The minimum absolute atomic E-state index is 0.322. The van der Waals surface area contributed by atoms with Crippen molar-refractivity contribution in [2.24, 2.45) is 0 Å². The Hall–Kier alpha value is -2.53. The van der Waals surface area contributed by atoms with Crippen molar-refractivity contribution in [3.63, 3.8) is 0 Å². The molecule has 0 radical (unpaired) electrons. The quantitative estimate of drug-likeness (QED) is 0.529. The highest BCUT2D eigenvalue weighted by Crippen LogP contribution is 2.27. The lowest BCUT2D eigenvalue weighted by molar-refractivity contribution is 0.0736. The Kier molecular flexibility index (Phi) is 5.27. The molecule has 1 aromatic heterocycles.